The predicted molar refractivity (Wildman–Crippen MR) is 55.8 cm³/mol. The first-order valence-electron chi connectivity index (χ1n) is 4.96. The normalized spacial score (nSPS) is 17.5. The van der Waals surface area contributed by atoms with Crippen molar-refractivity contribution in [2.24, 2.45) is 0 Å². The molecular formula is C10H23As. The molecular weight excluding hydrogens is 195 g/mol. The van der Waals surface area contributed by atoms with Gasteiger partial charge >= 0.3 is 78.5 Å². The summed E-state index contributed by atoms with van der Waals surface area (Å²) in [6, 6.07) is 0. The third kappa shape index (κ3) is 6.94. The molecule has 0 nitrogen and oxygen atoms in total. The van der Waals surface area contributed by atoms with E-state index < -0.39 is 0 Å². The molecule has 0 heterocycles. The van der Waals surface area contributed by atoms with Gasteiger partial charge in [-0.2, -0.15) is 0 Å². The molecule has 0 saturated heterocycles. The minimum absolute atomic E-state index is 0.357. The first-order valence-corrected chi connectivity index (χ1v) is 7.39. The monoisotopic (exact) mass is 218 g/mol. The molecule has 0 amide bonds. The van der Waals surface area contributed by atoms with Crippen LogP contribution in [0.3, 0.4) is 0 Å². The Morgan fingerprint density at radius 1 is 0.909 bits per heavy atom. The zero-order chi connectivity index (χ0) is 8.69. The van der Waals surface area contributed by atoms with Crippen LogP contribution in [-0.2, 0) is 0 Å². The van der Waals surface area contributed by atoms with Crippen LogP contribution in [0.4, 0.5) is 0 Å². The van der Waals surface area contributed by atoms with Crippen LogP contribution in [0.15, 0.2) is 0 Å². The van der Waals surface area contributed by atoms with Crippen molar-refractivity contribution in [3.05, 3.63) is 0 Å². The summed E-state index contributed by atoms with van der Waals surface area (Å²) in [5.74, 6) is 0. The average molecular weight is 218 g/mol. The molecule has 0 bridgehead atoms. The summed E-state index contributed by atoms with van der Waals surface area (Å²) in [6.45, 7) is 9.48. The van der Waals surface area contributed by atoms with Crippen molar-refractivity contribution in [3.63, 3.8) is 0 Å². The fourth-order valence-corrected chi connectivity index (χ4v) is 5.47. The topological polar surface area (TPSA) is 0 Å². The van der Waals surface area contributed by atoms with E-state index in [1.54, 1.807) is 0 Å². The van der Waals surface area contributed by atoms with E-state index in [1.165, 1.54) is 25.7 Å². The van der Waals surface area contributed by atoms with E-state index in [0.717, 1.165) is 9.41 Å². The van der Waals surface area contributed by atoms with Crippen molar-refractivity contribution < 1.29 is 0 Å². The van der Waals surface area contributed by atoms with Gasteiger partial charge in [0.15, 0.2) is 0 Å². The van der Waals surface area contributed by atoms with Crippen LogP contribution < -0.4 is 0 Å². The molecule has 0 aliphatic carbocycles. The van der Waals surface area contributed by atoms with E-state index in [4.69, 9.17) is 0 Å². The zero-order valence-corrected chi connectivity index (χ0v) is 10.6. The average Bonchev–Trinajstić information content (AvgIpc) is 1.87. The Morgan fingerprint density at radius 2 is 1.27 bits per heavy atom. The molecule has 0 spiro atoms. The van der Waals surface area contributed by atoms with Crippen LogP contribution in [-0.4, -0.2) is 15.8 Å². The van der Waals surface area contributed by atoms with E-state index >= 15 is 0 Å². The van der Waals surface area contributed by atoms with Gasteiger partial charge in [-0.05, 0) is 0 Å². The maximum atomic E-state index is 2.44. The summed E-state index contributed by atoms with van der Waals surface area (Å²) in [5, 5.41) is 0. The fraction of sp³-hybridized carbons (Fsp3) is 1.00. The van der Waals surface area contributed by atoms with Gasteiger partial charge in [0.05, 0.1) is 0 Å². The van der Waals surface area contributed by atoms with E-state index in [9.17, 15) is 0 Å². The second kappa shape index (κ2) is 7.22. The predicted octanol–water partition coefficient (Wildman–Crippen LogP) is 3.64. The molecule has 0 fully saturated rings. The van der Waals surface area contributed by atoms with Gasteiger partial charge < -0.3 is 0 Å². The molecule has 0 aromatic rings. The van der Waals surface area contributed by atoms with E-state index in [0.29, 0.717) is 15.8 Å². The summed E-state index contributed by atoms with van der Waals surface area (Å²) in [4.78, 5) is 0. The van der Waals surface area contributed by atoms with Gasteiger partial charge in [0.25, 0.3) is 0 Å². The molecule has 0 saturated carbocycles. The van der Waals surface area contributed by atoms with Crippen LogP contribution in [0, 0.1) is 0 Å². The van der Waals surface area contributed by atoms with Crippen LogP contribution in [0.5, 0.6) is 0 Å². The molecule has 2 unspecified atom stereocenters. The van der Waals surface area contributed by atoms with E-state index in [-0.39, 0.29) is 0 Å². The van der Waals surface area contributed by atoms with Gasteiger partial charge in [0, 0.05) is 0 Å². The van der Waals surface area contributed by atoms with Crippen LogP contribution in [0.1, 0.15) is 53.4 Å². The molecule has 0 aliphatic rings. The molecule has 2 atom stereocenters. The van der Waals surface area contributed by atoms with Crippen LogP contribution in [0.25, 0.3) is 0 Å². The van der Waals surface area contributed by atoms with E-state index in [1.807, 2.05) is 0 Å². The molecule has 0 aliphatic heterocycles. The van der Waals surface area contributed by atoms with Crippen molar-refractivity contribution in [1.82, 2.24) is 0 Å². The Hall–Kier alpha value is 0.558. The third-order valence-corrected chi connectivity index (χ3v) is 5.61. The van der Waals surface area contributed by atoms with Crippen LogP contribution >= 0.6 is 0 Å². The first kappa shape index (κ1) is 11.6. The standard InChI is InChI=1S/C10H23As/c1-5-7-9(3)11-10(4)8-6-2/h9-11H,5-8H2,1-4H3. The number of hydrogen-bond acceptors (Lipinski definition) is 0. The first-order chi connectivity index (χ1) is 5.20. The SMILES string of the molecule is CCCC(C)[AsH]C(C)CCC. The molecule has 0 rings (SSSR count). The Morgan fingerprint density at radius 3 is 1.55 bits per heavy atom. The fourth-order valence-electron chi connectivity index (χ4n) is 1.52. The van der Waals surface area contributed by atoms with E-state index in [2.05, 4.69) is 27.7 Å². The van der Waals surface area contributed by atoms with Gasteiger partial charge in [-0.1, -0.05) is 0 Å². The second-order valence-electron chi connectivity index (χ2n) is 3.55. The molecule has 1 heteroatoms. The summed E-state index contributed by atoms with van der Waals surface area (Å²) in [5.41, 5.74) is 0. The Labute approximate surface area is 78.8 Å². The summed E-state index contributed by atoms with van der Waals surface area (Å²) >= 11 is 0.357. The molecule has 11 heavy (non-hydrogen) atoms. The molecule has 0 aromatic carbocycles. The molecule has 0 radical (unpaired) electrons. The summed E-state index contributed by atoms with van der Waals surface area (Å²) < 4.78 is 2.14. The Bertz CT molecular complexity index is 70.9. The number of rotatable bonds is 6. The van der Waals surface area contributed by atoms with Gasteiger partial charge in [0.2, 0.25) is 0 Å². The van der Waals surface area contributed by atoms with Crippen molar-refractivity contribution >= 4 is 15.8 Å². The van der Waals surface area contributed by atoms with Gasteiger partial charge in [-0.25, -0.2) is 0 Å². The minimum atomic E-state index is 0.357. The molecule has 0 aromatic heterocycles. The Kier molecular flexibility index (Phi) is 7.59. The van der Waals surface area contributed by atoms with Gasteiger partial charge in [0.1, 0.15) is 0 Å². The van der Waals surface area contributed by atoms with Crippen molar-refractivity contribution in [1.29, 1.82) is 0 Å². The van der Waals surface area contributed by atoms with Crippen molar-refractivity contribution in [3.8, 4) is 0 Å². The second-order valence-corrected chi connectivity index (χ2v) is 8.38. The summed E-state index contributed by atoms with van der Waals surface area (Å²) in [7, 11) is 0. The third-order valence-electron chi connectivity index (χ3n) is 2.01. The molecule has 68 valence electrons. The van der Waals surface area contributed by atoms with Gasteiger partial charge in [-0.15, -0.1) is 0 Å². The van der Waals surface area contributed by atoms with Crippen molar-refractivity contribution in [2.75, 3.05) is 0 Å². The quantitative estimate of drug-likeness (QED) is 0.597. The van der Waals surface area contributed by atoms with Crippen LogP contribution in [0.2, 0.25) is 9.41 Å². The maximum absolute atomic E-state index is 2.44. The summed E-state index contributed by atoms with van der Waals surface area (Å²) in [6.07, 6.45) is 5.69. The zero-order valence-electron chi connectivity index (χ0n) is 8.48. The molecule has 0 N–H and O–H groups in total. The number of hydrogen-bond donors (Lipinski definition) is 0. The van der Waals surface area contributed by atoms with Crippen molar-refractivity contribution in [2.45, 2.75) is 62.8 Å². The Balaban J connectivity index is 3.32. The van der Waals surface area contributed by atoms with Gasteiger partial charge in [-0.3, -0.25) is 0 Å².